The molecule has 27 heavy (non-hydrogen) atoms. The van der Waals surface area contributed by atoms with Crippen LogP contribution in [0.4, 0.5) is 0 Å². The minimum Gasteiger partial charge on any atom is -0.452 e. The van der Waals surface area contributed by atoms with E-state index >= 15 is 0 Å². The van der Waals surface area contributed by atoms with Gasteiger partial charge in [0.2, 0.25) is 0 Å². The molecule has 0 radical (unpaired) electrons. The van der Waals surface area contributed by atoms with Crippen molar-refractivity contribution in [3.8, 4) is 0 Å². The van der Waals surface area contributed by atoms with Crippen LogP contribution >= 0.6 is 0 Å². The molecule has 0 saturated heterocycles. The number of hydrazone groups is 1. The summed E-state index contributed by atoms with van der Waals surface area (Å²) < 4.78 is 5.23. The molecule has 2 aliphatic rings. The number of rotatable bonds is 4. The number of carbonyl (C=O) groups excluding carboxylic acids is 2. The lowest BCUT2D eigenvalue weighted by Gasteiger charge is -2.16. The van der Waals surface area contributed by atoms with Crippen LogP contribution < -0.4 is 0 Å². The first-order valence-electron chi connectivity index (χ1n) is 9.43. The quantitative estimate of drug-likeness (QED) is 0.784. The summed E-state index contributed by atoms with van der Waals surface area (Å²) in [6.45, 7) is 0.223. The third-order valence-corrected chi connectivity index (χ3v) is 5.11. The molecule has 0 atom stereocenters. The maximum atomic E-state index is 12.3. The second-order valence-corrected chi connectivity index (χ2v) is 6.95. The second kappa shape index (κ2) is 7.74. The van der Waals surface area contributed by atoms with E-state index in [1.165, 1.54) is 22.6 Å². The van der Waals surface area contributed by atoms with Crippen LogP contribution in [0.15, 0.2) is 53.6 Å². The zero-order valence-corrected chi connectivity index (χ0v) is 15.2. The standard InChI is InChI=1S/C22H22N2O3/c25-21(24-13-12-20(23-24)17-7-2-1-3-8-17)15-27-22(26)19-11-10-16-6-4-5-9-18(16)14-19/h1-3,7-8,10-11,14H,4-6,9,12-13,15H2. The summed E-state index contributed by atoms with van der Waals surface area (Å²) in [7, 11) is 0. The Morgan fingerprint density at radius 1 is 0.963 bits per heavy atom. The number of fused-ring (bicyclic) bond motifs is 1. The Bertz CT molecular complexity index is 890. The molecule has 0 unspecified atom stereocenters. The zero-order chi connectivity index (χ0) is 18.6. The largest absolute Gasteiger partial charge is 0.452 e. The van der Waals surface area contributed by atoms with Gasteiger partial charge < -0.3 is 4.74 Å². The van der Waals surface area contributed by atoms with E-state index in [1.807, 2.05) is 42.5 Å². The van der Waals surface area contributed by atoms with Crippen LogP contribution in [0.5, 0.6) is 0 Å². The van der Waals surface area contributed by atoms with Crippen molar-refractivity contribution in [2.24, 2.45) is 5.10 Å². The summed E-state index contributed by atoms with van der Waals surface area (Å²) in [5.41, 5.74) is 4.94. The lowest BCUT2D eigenvalue weighted by Crippen LogP contribution is -2.28. The van der Waals surface area contributed by atoms with E-state index in [0.29, 0.717) is 18.5 Å². The lowest BCUT2D eigenvalue weighted by molar-refractivity contribution is -0.134. The van der Waals surface area contributed by atoms with Gasteiger partial charge in [-0.3, -0.25) is 4.79 Å². The number of hydrogen-bond donors (Lipinski definition) is 0. The van der Waals surface area contributed by atoms with Crippen LogP contribution in [0, 0.1) is 0 Å². The maximum absolute atomic E-state index is 12.3. The molecule has 0 fully saturated rings. The lowest BCUT2D eigenvalue weighted by atomic mass is 9.90. The van der Waals surface area contributed by atoms with E-state index in [0.717, 1.165) is 30.5 Å². The number of amides is 1. The fourth-order valence-electron chi connectivity index (χ4n) is 3.62. The number of carbonyl (C=O) groups is 2. The Labute approximate surface area is 158 Å². The summed E-state index contributed by atoms with van der Waals surface area (Å²) in [6.07, 6.45) is 5.13. The number of esters is 1. The van der Waals surface area contributed by atoms with Crippen LogP contribution in [0.1, 0.15) is 46.3 Å². The summed E-state index contributed by atoms with van der Waals surface area (Å²) in [4.78, 5) is 24.6. The molecule has 138 valence electrons. The minimum absolute atomic E-state index is 0.290. The summed E-state index contributed by atoms with van der Waals surface area (Å²) >= 11 is 0. The Morgan fingerprint density at radius 2 is 1.74 bits per heavy atom. The molecular weight excluding hydrogens is 340 g/mol. The predicted molar refractivity (Wildman–Crippen MR) is 103 cm³/mol. The highest BCUT2D eigenvalue weighted by Gasteiger charge is 2.23. The Balaban J connectivity index is 1.35. The van der Waals surface area contributed by atoms with Gasteiger partial charge in [0.25, 0.3) is 5.91 Å². The van der Waals surface area contributed by atoms with Gasteiger partial charge in [-0.15, -0.1) is 0 Å². The third kappa shape index (κ3) is 3.92. The average Bonchev–Trinajstić information content (AvgIpc) is 3.22. The minimum atomic E-state index is -0.455. The SMILES string of the molecule is O=C(OCC(=O)N1CCC(c2ccccc2)=N1)c1ccc2c(c1)CCCC2. The molecule has 1 aliphatic carbocycles. The van der Waals surface area contributed by atoms with E-state index < -0.39 is 5.97 Å². The van der Waals surface area contributed by atoms with Crippen LogP contribution in [0.3, 0.4) is 0 Å². The molecule has 0 spiro atoms. The van der Waals surface area contributed by atoms with Gasteiger partial charge in [0.15, 0.2) is 6.61 Å². The van der Waals surface area contributed by atoms with Gasteiger partial charge >= 0.3 is 5.97 Å². The molecule has 0 saturated carbocycles. The van der Waals surface area contributed by atoms with Crippen molar-refractivity contribution in [2.45, 2.75) is 32.1 Å². The molecule has 0 bridgehead atoms. The smallest absolute Gasteiger partial charge is 0.338 e. The Hall–Kier alpha value is -2.95. The molecule has 1 heterocycles. The highest BCUT2D eigenvalue weighted by atomic mass is 16.5. The molecular formula is C22H22N2O3. The van der Waals surface area contributed by atoms with Gasteiger partial charge in [-0.1, -0.05) is 36.4 Å². The maximum Gasteiger partial charge on any atom is 0.338 e. The van der Waals surface area contributed by atoms with Gasteiger partial charge in [0.05, 0.1) is 17.8 Å². The topological polar surface area (TPSA) is 59.0 Å². The fraction of sp³-hybridized carbons (Fsp3) is 0.318. The summed E-state index contributed by atoms with van der Waals surface area (Å²) in [6, 6.07) is 15.5. The highest BCUT2D eigenvalue weighted by molar-refractivity contribution is 6.02. The fourth-order valence-corrected chi connectivity index (χ4v) is 3.62. The molecule has 1 amide bonds. The van der Waals surface area contributed by atoms with Crippen molar-refractivity contribution in [3.63, 3.8) is 0 Å². The normalized spacial score (nSPS) is 15.9. The third-order valence-electron chi connectivity index (χ3n) is 5.11. The summed E-state index contributed by atoms with van der Waals surface area (Å²) in [5.74, 6) is -0.754. The van der Waals surface area contributed by atoms with E-state index in [4.69, 9.17) is 4.74 Å². The van der Waals surface area contributed by atoms with Crippen molar-refractivity contribution in [1.29, 1.82) is 0 Å². The second-order valence-electron chi connectivity index (χ2n) is 6.95. The zero-order valence-electron chi connectivity index (χ0n) is 15.2. The van der Waals surface area contributed by atoms with Gasteiger partial charge in [-0.05, 0) is 54.5 Å². The van der Waals surface area contributed by atoms with E-state index in [1.54, 1.807) is 6.07 Å². The number of benzene rings is 2. The van der Waals surface area contributed by atoms with Gasteiger partial charge in [-0.2, -0.15) is 5.10 Å². The first kappa shape index (κ1) is 17.5. The van der Waals surface area contributed by atoms with Crippen LogP contribution in [-0.4, -0.2) is 35.7 Å². The van der Waals surface area contributed by atoms with Crippen molar-refractivity contribution >= 4 is 17.6 Å². The van der Waals surface area contributed by atoms with Crippen LogP contribution in [-0.2, 0) is 22.4 Å². The average molecular weight is 362 g/mol. The van der Waals surface area contributed by atoms with Gasteiger partial charge in [0, 0.05) is 6.42 Å². The van der Waals surface area contributed by atoms with Crippen molar-refractivity contribution in [2.75, 3.05) is 13.2 Å². The molecule has 2 aromatic rings. The van der Waals surface area contributed by atoms with Crippen molar-refractivity contribution in [3.05, 3.63) is 70.8 Å². The molecule has 5 heteroatoms. The number of hydrogen-bond acceptors (Lipinski definition) is 4. The van der Waals surface area contributed by atoms with Crippen molar-refractivity contribution < 1.29 is 14.3 Å². The molecule has 1 aliphatic heterocycles. The molecule has 0 N–H and O–H groups in total. The highest BCUT2D eigenvalue weighted by Crippen LogP contribution is 2.22. The van der Waals surface area contributed by atoms with Gasteiger partial charge in [-0.25, -0.2) is 9.80 Å². The first-order valence-corrected chi connectivity index (χ1v) is 9.43. The van der Waals surface area contributed by atoms with Crippen molar-refractivity contribution in [1.82, 2.24) is 5.01 Å². The number of ether oxygens (including phenoxy) is 1. The van der Waals surface area contributed by atoms with Crippen LogP contribution in [0.2, 0.25) is 0 Å². The molecule has 0 aromatic heterocycles. The number of aryl methyl sites for hydroxylation is 2. The molecule has 5 nitrogen and oxygen atoms in total. The number of nitrogens with zero attached hydrogens (tertiary/aromatic N) is 2. The molecule has 2 aromatic carbocycles. The van der Waals surface area contributed by atoms with E-state index in [-0.39, 0.29) is 12.5 Å². The molecule has 4 rings (SSSR count). The van der Waals surface area contributed by atoms with Crippen LogP contribution in [0.25, 0.3) is 0 Å². The van der Waals surface area contributed by atoms with E-state index in [9.17, 15) is 9.59 Å². The monoisotopic (exact) mass is 362 g/mol. The van der Waals surface area contributed by atoms with E-state index in [2.05, 4.69) is 5.10 Å². The first-order chi connectivity index (χ1) is 13.2. The van der Waals surface area contributed by atoms with Gasteiger partial charge in [0.1, 0.15) is 0 Å². The Morgan fingerprint density at radius 3 is 2.56 bits per heavy atom. The summed E-state index contributed by atoms with van der Waals surface area (Å²) in [5, 5.41) is 5.77. The Kier molecular flexibility index (Phi) is 5.01. The predicted octanol–water partition coefficient (Wildman–Crippen LogP) is 3.36.